The van der Waals surface area contributed by atoms with E-state index in [4.69, 9.17) is 0 Å². The fraction of sp³-hybridized carbons (Fsp3) is 0.694. The van der Waals surface area contributed by atoms with E-state index in [0.717, 1.165) is 57.8 Å². The van der Waals surface area contributed by atoms with Crippen LogP contribution in [0.4, 0.5) is 0 Å². The van der Waals surface area contributed by atoms with Crippen LogP contribution in [0.3, 0.4) is 0 Å². The van der Waals surface area contributed by atoms with Gasteiger partial charge in [0.2, 0.25) is 5.91 Å². The lowest BCUT2D eigenvalue weighted by Crippen LogP contribution is -2.46. The summed E-state index contributed by atoms with van der Waals surface area (Å²) in [5.74, 6) is -1.03. The highest BCUT2D eigenvalue weighted by molar-refractivity contribution is 7.85. The van der Waals surface area contributed by atoms with Crippen molar-refractivity contribution in [3.05, 3.63) is 60.8 Å². The third-order valence-electron chi connectivity index (χ3n) is 7.15. The van der Waals surface area contributed by atoms with Gasteiger partial charge in [0.25, 0.3) is 10.1 Å². The van der Waals surface area contributed by atoms with Gasteiger partial charge in [0.1, 0.15) is 0 Å². The predicted molar refractivity (Wildman–Crippen MR) is 184 cm³/mol. The Hall–Kier alpha value is -1.96. The van der Waals surface area contributed by atoms with Gasteiger partial charge >= 0.3 is 0 Å². The maximum atomic E-state index is 12.4. The zero-order chi connectivity index (χ0) is 31.9. The van der Waals surface area contributed by atoms with Gasteiger partial charge in [-0.05, 0) is 64.2 Å². The molecular weight excluding hydrogens is 558 g/mol. The summed E-state index contributed by atoms with van der Waals surface area (Å²) in [7, 11) is -4.35. The van der Waals surface area contributed by atoms with E-state index < -0.39 is 28.0 Å². The van der Waals surface area contributed by atoms with Gasteiger partial charge in [-0.2, -0.15) is 8.42 Å². The second-order valence-corrected chi connectivity index (χ2v) is 12.9. The minimum atomic E-state index is -4.35. The Labute approximate surface area is 264 Å². The summed E-state index contributed by atoms with van der Waals surface area (Å²) in [4.78, 5) is 12.4. The molecule has 0 aliphatic heterocycles. The first-order valence-electron chi connectivity index (χ1n) is 17.0. The first-order valence-corrected chi connectivity index (χ1v) is 18.6. The van der Waals surface area contributed by atoms with E-state index >= 15 is 0 Å². The lowest BCUT2D eigenvalue weighted by Gasteiger charge is -2.21. The molecule has 0 aromatic carbocycles. The largest absolute Gasteiger partial charge is 0.387 e. The normalized spacial score (nSPS) is 14.2. The number of amides is 1. The Morgan fingerprint density at radius 1 is 0.628 bits per heavy atom. The van der Waals surface area contributed by atoms with E-state index in [2.05, 4.69) is 67.8 Å². The van der Waals surface area contributed by atoms with Gasteiger partial charge in [-0.25, -0.2) is 0 Å². The molecule has 0 spiro atoms. The smallest absolute Gasteiger partial charge is 0.267 e. The molecule has 0 bridgehead atoms. The molecule has 248 valence electrons. The molecule has 7 heteroatoms. The van der Waals surface area contributed by atoms with Crippen molar-refractivity contribution in [2.24, 2.45) is 0 Å². The van der Waals surface area contributed by atoms with Crippen LogP contribution in [0.2, 0.25) is 0 Å². The minimum Gasteiger partial charge on any atom is -0.387 e. The van der Waals surface area contributed by atoms with Crippen molar-refractivity contribution in [1.82, 2.24) is 5.32 Å². The first-order chi connectivity index (χ1) is 20.8. The quantitative estimate of drug-likeness (QED) is 0.0439. The average Bonchev–Trinajstić information content (AvgIpc) is 2.96. The first kappa shape index (κ1) is 41.0. The van der Waals surface area contributed by atoms with E-state index in [1.54, 1.807) is 6.08 Å². The van der Waals surface area contributed by atoms with Crippen LogP contribution in [0, 0.1) is 0 Å². The maximum absolute atomic E-state index is 12.4. The molecule has 2 atom stereocenters. The molecule has 0 radical (unpaired) electrons. The number of allylic oxidation sites excluding steroid dienone is 9. The summed E-state index contributed by atoms with van der Waals surface area (Å²) >= 11 is 0. The van der Waals surface area contributed by atoms with Crippen molar-refractivity contribution in [2.75, 3.05) is 5.75 Å². The van der Waals surface area contributed by atoms with Crippen molar-refractivity contribution in [2.45, 2.75) is 154 Å². The number of nitrogens with one attached hydrogen (secondary N) is 1. The second-order valence-electron chi connectivity index (χ2n) is 11.4. The van der Waals surface area contributed by atoms with Gasteiger partial charge in [-0.15, -0.1) is 0 Å². The summed E-state index contributed by atoms with van der Waals surface area (Å²) in [5, 5.41) is 13.0. The van der Waals surface area contributed by atoms with Crippen molar-refractivity contribution < 1.29 is 22.9 Å². The third kappa shape index (κ3) is 31.3. The van der Waals surface area contributed by atoms with E-state index in [0.29, 0.717) is 12.8 Å². The van der Waals surface area contributed by atoms with Gasteiger partial charge in [0.05, 0.1) is 17.9 Å². The molecule has 2 unspecified atom stereocenters. The number of aliphatic hydroxyl groups is 1. The van der Waals surface area contributed by atoms with E-state index in [9.17, 15) is 22.9 Å². The van der Waals surface area contributed by atoms with E-state index in [-0.39, 0.29) is 12.3 Å². The average molecular weight is 622 g/mol. The predicted octanol–water partition coefficient (Wildman–Crippen LogP) is 9.34. The van der Waals surface area contributed by atoms with Gasteiger partial charge in [0, 0.05) is 6.42 Å². The third-order valence-corrected chi connectivity index (χ3v) is 7.93. The van der Waals surface area contributed by atoms with Crippen LogP contribution in [-0.2, 0) is 14.9 Å². The molecule has 0 aromatic rings. The molecule has 3 N–H and O–H groups in total. The minimum absolute atomic E-state index is 0.270. The number of carbonyl (C=O) groups excluding carboxylic acids is 1. The standard InChI is InChI=1S/C36H63NO5S/c1-3-5-7-9-11-12-13-14-15-16-17-18-19-20-21-22-23-24-26-28-30-32-36(39)37-34(33-43(40,41)42)35(38)31-29-27-25-10-8-6-4-2/h8,10,13-14,16-17,19-20,29,31,34-35,38H,3-7,9,11-12,15,18,21-28,30,32-33H2,1-2H3,(H,37,39)(H,40,41,42)/b10-8+,14-13-,17-16-,20-19-,31-29+. The topological polar surface area (TPSA) is 104 Å². The van der Waals surface area contributed by atoms with Gasteiger partial charge in [0.15, 0.2) is 0 Å². The molecular formula is C36H63NO5S. The maximum Gasteiger partial charge on any atom is 0.267 e. The summed E-state index contributed by atoms with van der Waals surface area (Å²) in [6.07, 6.45) is 40.9. The van der Waals surface area contributed by atoms with Crippen LogP contribution in [-0.4, -0.2) is 41.9 Å². The number of hydrogen-bond donors (Lipinski definition) is 3. The van der Waals surface area contributed by atoms with Gasteiger partial charge < -0.3 is 10.4 Å². The highest BCUT2D eigenvalue weighted by atomic mass is 32.2. The Kier molecular flexibility index (Phi) is 28.7. The number of unbranched alkanes of at least 4 members (excludes halogenated alkanes) is 13. The van der Waals surface area contributed by atoms with Crippen LogP contribution < -0.4 is 5.32 Å². The molecule has 0 rings (SSSR count). The molecule has 0 aliphatic rings. The molecule has 6 nitrogen and oxygen atoms in total. The number of rotatable bonds is 29. The van der Waals surface area contributed by atoms with Crippen LogP contribution in [0.15, 0.2) is 60.8 Å². The summed E-state index contributed by atoms with van der Waals surface area (Å²) in [5.41, 5.74) is 0. The Bertz CT molecular complexity index is 905. The molecule has 0 saturated heterocycles. The molecule has 0 aliphatic carbocycles. The monoisotopic (exact) mass is 621 g/mol. The molecule has 0 saturated carbocycles. The molecule has 0 aromatic heterocycles. The lowest BCUT2D eigenvalue weighted by atomic mass is 10.1. The Balaban J connectivity index is 3.95. The van der Waals surface area contributed by atoms with Crippen LogP contribution >= 0.6 is 0 Å². The van der Waals surface area contributed by atoms with Crippen molar-refractivity contribution in [3.63, 3.8) is 0 Å². The highest BCUT2D eigenvalue weighted by Gasteiger charge is 2.24. The molecule has 0 heterocycles. The molecule has 43 heavy (non-hydrogen) atoms. The SMILES string of the molecule is CCC/C=C/CC/C=C/C(O)C(CS(=O)(=O)O)NC(=O)CCCCCCCC/C=C\C/C=C\C/C=C\CCCCCCC. The Morgan fingerprint density at radius 2 is 1.12 bits per heavy atom. The zero-order valence-corrected chi connectivity index (χ0v) is 28.1. The van der Waals surface area contributed by atoms with Gasteiger partial charge in [-0.1, -0.05) is 132 Å². The number of hydrogen-bond acceptors (Lipinski definition) is 4. The Morgan fingerprint density at radius 3 is 1.70 bits per heavy atom. The van der Waals surface area contributed by atoms with Crippen molar-refractivity contribution >= 4 is 16.0 Å². The van der Waals surface area contributed by atoms with Crippen LogP contribution in [0.25, 0.3) is 0 Å². The summed E-state index contributed by atoms with van der Waals surface area (Å²) < 4.78 is 32.1. The lowest BCUT2D eigenvalue weighted by molar-refractivity contribution is -0.122. The van der Waals surface area contributed by atoms with Gasteiger partial charge in [-0.3, -0.25) is 9.35 Å². The number of aliphatic hydroxyl groups excluding tert-OH is 1. The fourth-order valence-electron chi connectivity index (χ4n) is 4.59. The van der Waals surface area contributed by atoms with Crippen molar-refractivity contribution in [3.8, 4) is 0 Å². The summed E-state index contributed by atoms with van der Waals surface area (Å²) in [6, 6.07) is -1.08. The molecule has 1 amide bonds. The van der Waals surface area contributed by atoms with E-state index in [1.807, 2.05) is 0 Å². The van der Waals surface area contributed by atoms with Crippen LogP contribution in [0.5, 0.6) is 0 Å². The van der Waals surface area contributed by atoms with Crippen molar-refractivity contribution in [1.29, 1.82) is 0 Å². The zero-order valence-electron chi connectivity index (χ0n) is 27.3. The van der Waals surface area contributed by atoms with E-state index in [1.165, 1.54) is 57.4 Å². The van der Waals surface area contributed by atoms with Crippen LogP contribution in [0.1, 0.15) is 142 Å². The highest BCUT2D eigenvalue weighted by Crippen LogP contribution is 2.10. The molecule has 0 fully saturated rings. The fourth-order valence-corrected chi connectivity index (χ4v) is 5.33. The second kappa shape index (κ2) is 30.1. The number of carbonyl (C=O) groups is 1. The summed E-state index contributed by atoms with van der Waals surface area (Å²) in [6.45, 7) is 4.36.